The van der Waals surface area contributed by atoms with Crippen molar-refractivity contribution in [1.29, 1.82) is 0 Å². The molecule has 0 spiro atoms. The van der Waals surface area contributed by atoms with Gasteiger partial charge in [0.1, 0.15) is 0 Å². The highest BCUT2D eigenvalue weighted by molar-refractivity contribution is 5.79. The average Bonchev–Trinajstić information content (AvgIpc) is 2.81. The third-order valence-electron chi connectivity index (χ3n) is 3.83. The van der Waals surface area contributed by atoms with Gasteiger partial charge < -0.3 is 25.0 Å². The van der Waals surface area contributed by atoms with Gasteiger partial charge in [0, 0.05) is 40.4 Å². The van der Waals surface area contributed by atoms with E-state index < -0.39 is 0 Å². The molecule has 1 heterocycles. The Balaban J connectivity index is 1.99. The third-order valence-corrected chi connectivity index (χ3v) is 3.83. The summed E-state index contributed by atoms with van der Waals surface area (Å²) in [5.41, 5.74) is 0. The SMILES string of the molecule is CN=C(NCCCOCCOC)NCCN1CCCCCC1. The minimum atomic E-state index is 0.660. The van der Waals surface area contributed by atoms with E-state index in [0.29, 0.717) is 13.2 Å². The molecule has 22 heavy (non-hydrogen) atoms. The molecule has 0 aromatic heterocycles. The Bertz CT molecular complexity index is 279. The van der Waals surface area contributed by atoms with Crippen molar-refractivity contribution < 1.29 is 9.47 Å². The molecule has 1 rings (SSSR count). The summed E-state index contributed by atoms with van der Waals surface area (Å²) < 4.78 is 10.4. The lowest BCUT2D eigenvalue weighted by molar-refractivity contribution is 0.0698. The van der Waals surface area contributed by atoms with Gasteiger partial charge in [0.15, 0.2) is 5.96 Å². The zero-order valence-corrected chi connectivity index (χ0v) is 14.4. The number of hydrogen-bond acceptors (Lipinski definition) is 4. The Morgan fingerprint density at radius 1 is 1.00 bits per heavy atom. The number of nitrogens with zero attached hydrogens (tertiary/aromatic N) is 2. The van der Waals surface area contributed by atoms with Crippen LogP contribution in [0.1, 0.15) is 32.1 Å². The standard InChI is InChI=1S/C16H34N4O2/c1-17-16(18-8-7-13-22-15-14-21-2)19-9-12-20-10-5-3-4-6-11-20/h3-15H2,1-2H3,(H2,17,18,19). The second-order valence-corrected chi connectivity index (χ2v) is 5.64. The quantitative estimate of drug-likeness (QED) is 0.359. The lowest BCUT2D eigenvalue weighted by Crippen LogP contribution is -2.42. The summed E-state index contributed by atoms with van der Waals surface area (Å²) in [4.78, 5) is 6.80. The first-order valence-electron chi connectivity index (χ1n) is 8.60. The van der Waals surface area contributed by atoms with E-state index in [-0.39, 0.29) is 0 Å². The first-order valence-corrected chi connectivity index (χ1v) is 8.60. The monoisotopic (exact) mass is 314 g/mol. The molecule has 0 atom stereocenters. The fourth-order valence-electron chi connectivity index (χ4n) is 2.54. The maximum atomic E-state index is 5.43. The van der Waals surface area contributed by atoms with Gasteiger partial charge in [-0.2, -0.15) is 0 Å². The molecule has 1 fully saturated rings. The topological polar surface area (TPSA) is 58.1 Å². The van der Waals surface area contributed by atoms with E-state index in [4.69, 9.17) is 9.47 Å². The number of rotatable bonds is 10. The fraction of sp³-hybridized carbons (Fsp3) is 0.938. The van der Waals surface area contributed by atoms with Crippen LogP contribution in [0.15, 0.2) is 4.99 Å². The first-order chi connectivity index (χ1) is 10.9. The van der Waals surface area contributed by atoms with E-state index in [1.54, 1.807) is 7.11 Å². The Morgan fingerprint density at radius 2 is 1.73 bits per heavy atom. The molecule has 0 amide bonds. The van der Waals surface area contributed by atoms with Crippen LogP contribution in [-0.4, -0.2) is 77.6 Å². The number of methoxy groups -OCH3 is 1. The molecule has 1 saturated heterocycles. The Labute approximate surface area is 135 Å². The number of likely N-dealkylation sites (tertiary alicyclic amines) is 1. The van der Waals surface area contributed by atoms with Crippen molar-refractivity contribution in [3.8, 4) is 0 Å². The molecule has 0 saturated carbocycles. The highest BCUT2D eigenvalue weighted by Gasteiger charge is 2.08. The van der Waals surface area contributed by atoms with E-state index in [1.165, 1.54) is 38.8 Å². The Hall–Kier alpha value is -0.850. The molecule has 0 radical (unpaired) electrons. The number of ether oxygens (including phenoxy) is 2. The smallest absolute Gasteiger partial charge is 0.191 e. The van der Waals surface area contributed by atoms with E-state index in [9.17, 15) is 0 Å². The van der Waals surface area contributed by atoms with E-state index in [0.717, 1.165) is 38.6 Å². The number of guanidine groups is 1. The van der Waals surface area contributed by atoms with E-state index >= 15 is 0 Å². The summed E-state index contributed by atoms with van der Waals surface area (Å²) in [5.74, 6) is 0.881. The van der Waals surface area contributed by atoms with Crippen molar-refractivity contribution in [3.05, 3.63) is 0 Å². The van der Waals surface area contributed by atoms with Gasteiger partial charge in [-0.25, -0.2) is 0 Å². The number of aliphatic imine (C=N–C) groups is 1. The van der Waals surface area contributed by atoms with Crippen LogP contribution >= 0.6 is 0 Å². The highest BCUT2D eigenvalue weighted by atomic mass is 16.5. The van der Waals surface area contributed by atoms with Crippen LogP contribution < -0.4 is 10.6 Å². The fourth-order valence-corrected chi connectivity index (χ4v) is 2.54. The minimum Gasteiger partial charge on any atom is -0.382 e. The summed E-state index contributed by atoms with van der Waals surface area (Å²) in [6, 6.07) is 0. The van der Waals surface area contributed by atoms with Gasteiger partial charge in [-0.05, 0) is 32.4 Å². The van der Waals surface area contributed by atoms with Crippen molar-refractivity contribution >= 4 is 5.96 Å². The highest BCUT2D eigenvalue weighted by Crippen LogP contribution is 2.08. The van der Waals surface area contributed by atoms with Crippen LogP contribution in [0, 0.1) is 0 Å². The Morgan fingerprint density at radius 3 is 2.41 bits per heavy atom. The van der Waals surface area contributed by atoms with Crippen LogP contribution in [0.2, 0.25) is 0 Å². The van der Waals surface area contributed by atoms with E-state index in [2.05, 4.69) is 20.5 Å². The summed E-state index contributed by atoms with van der Waals surface area (Å²) in [5, 5.41) is 6.70. The molecule has 6 heteroatoms. The molecular formula is C16H34N4O2. The summed E-state index contributed by atoms with van der Waals surface area (Å²) in [6.07, 6.45) is 6.43. The molecule has 1 aliphatic heterocycles. The van der Waals surface area contributed by atoms with Gasteiger partial charge in [-0.1, -0.05) is 12.8 Å². The maximum absolute atomic E-state index is 5.43. The largest absolute Gasteiger partial charge is 0.382 e. The predicted octanol–water partition coefficient (Wildman–Crippen LogP) is 1.08. The third kappa shape index (κ3) is 9.97. The first kappa shape index (κ1) is 19.2. The van der Waals surface area contributed by atoms with Gasteiger partial charge in [-0.15, -0.1) is 0 Å². The molecule has 0 bridgehead atoms. The second-order valence-electron chi connectivity index (χ2n) is 5.64. The number of hydrogen-bond donors (Lipinski definition) is 2. The molecule has 6 nitrogen and oxygen atoms in total. The zero-order chi connectivity index (χ0) is 15.9. The van der Waals surface area contributed by atoms with Crippen LogP contribution in [0.25, 0.3) is 0 Å². The second kappa shape index (κ2) is 13.8. The minimum absolute atomic E-state index is 0.660. The Kier molecular flexibility index (Phi) is 12.0. The molecular weight excluding hydrogens is 280 g/mol. The van der Waals surface area contributed by atoms with Gasteiger partial charge in [0.25, 0.3) is 0 Å². The molecule has 1 aliphatic rings. The molecule has 130 valence electrons. The summed E-state index contributed by atoms with van der Waals surface area (Å²) in [7, 11) is 3.50. The maximum Gasteiger partial charge on any atom is 0.191 e. The van der Waals surface area contributed by atoms with E-state index in [1.807, 2.05) is 7.05 Å². The normalized spacial score (nSPS) is 17.3. The van der Waals surface area contributed by atoms with Crippen LogP contribution in [-0.2, 0) is 9.47 Å². The average molecular weight is 314 g/mol. The van der Waals surface area contributed by atoms with Crippen molar-refractivity contribution in [3.63, 3.8) is 0 Å². The predicted molar refractivity (Wildman–Crippen MR) is 91.6 cm³/mol. The van der Waals surface area contributed by atoms with Gasteiger partial charge >= 0.3 is 0 Å². The lowest BCUT2D eigenvalue weighted by Gasteiger charge is -2.20. The summed E-state index contributed by atoms with van der Waals surface area (Å²) in [6.45, 7) is 7.48. The molecule has 0 unspecified atom stereocenters. The van der Waals surface area contributed by atoms with Crippen molar-refractivity contribution in [1.82, 2.24) is 15.5 Å². The van der Waals surface area contributed by atoms with Gasteiger partial charge in [-0.3, -0.25) is 4.99 Å². The zero-order valence-electron chi connectivity index (χ0n) is 14.4. The van der Waals surface area contributed by atoms with Crippen LogP contribution in [0.5, 0.6) is 0 Å². The molecule has 0 aromatic carbocycles. The van der Waals surface area contributed by atoms with Crippen molar-refractivity contribution in [2.45, 2.75) is 32.1 Å². The molecule has 2 N–H and O–H groups in total. The van der Waals surface area contributed by atoms with Crippen LogP contribution in [0.4, 0.5) is 0 Å². The molecule has 0 aromatic rings. The van der Waals surface area contributed by atoms with Gasteiger partial charge in [0.2, 0.25) is 0 Å². The lowest BCUT2D eigenvalue weighted by atomic mass is 10.2. The van der Waals surface area contributed by atoms with Crippen LogP contribution in [0.3, 0.4) is 0 Å². The van der Waals surface area contributed by atoms with Crippen molar-refractivity contribution in [2.24, 2.45) is 4.99 Å². The summed E-state index contributed by atoms with van der Waals surface area (Å²) >= 11 is 0. The van der Waals surface area contributed by atoms with Gasteiger partial charge in [0.05, 0.1) is 13.2 Å². The number of nitrogens with one attached hydrogen (secondary N) is 2. The molecule has 0 aliphatic carbocycles. The van der Waals surface area contributed by atoms with Crippen molar-refractivity contribution in [2.75, 3.05) is 66.7 Å².